The van der Waals surface area contributed by atoms with Crippen LogP contribution in [0.3, 0.4) is 0 Å². The van der Waals surface area contributed by atoms with Crippen LogP contribution in [0, 0.1) is 0 Å². The van der Waals surface area contributed by atoms with Crippen LogP contribution in [-0.4, -0.2) is 21.4 Å². The van der Waals surface area contributed by atoms with Gasteiger partial charge in [0.05, 0.1) is 10.6 Å². The van der Waals surface area contributed by atoms with Crippen LogP contribution >= 0.6 is 35.1 Å². The number of nitrogens with zero attached hydrogens (tertiary/aromatic N) is 2. The number of nitrogens with two attached hydrogens (primary N) is 1. The number of aromatic nitrogens is 1. The van der Waals surface area contributed by atoms with Gasteiger partial charge >= 0.3 is 0 Å². The highest BCUT2D eigenvalue weighted by Gasteiger charge is 2.31. The molecule has 2 N–H and O–H groups in total. The zero-order valence-electron chi connectivity index (χ0n) is 11.9. The van der Waals surface area contributed by atoms with Gasteiger partial charge in [-0.2, -0.15) is 0 Å². The van der Waals surface area contributed by atoms with Crippen LogP contribution in [0.4, 0.5) is 0 Å². The van der Waals surface area contributed by atoms with E-state index in [2.05, 4.69) is 30.1 Å². The number of hydrogen-bond acceptors (Lipinski definition) is 5. The monoisotopic (exact) mass is 339 g/mol. The van der Waals surface area contributed by atoms with Gasteiger partial charge in [0.15, 0.2) is 5.17 Å². The van der Waals surface area contributed by atoms with Crippen LogP contribution < -0.4 is 5.73 Å². The number of pyridine rings is 1. The summed E-state index contributed by atoms with van der Waals surface area (Å²) in [5, 5.41) is 1.27. The van der Waals surface area contributed by atoms with E-state index in [4.69, 9.17) is 17.3 Å². The van der Waals surface area contributed by atoms with Crippen molar-refractivity contribution in [2.45, 2.75) is 25.3 Å². The minimum Gasteiger partial charge on any atom is -0.379 e. The third-order valence-corrected chi connectivity index (χ3v) is 5.35. The summed E-state index contributed by atoms with van der Waals surface area (Å²) < 4.78 is 0. The van der Waals surface area contributed by atoms with Crippen LogP contribution in [0.1, 0.15) is 18.9 Å². The molecule has 0 saturated heterocycles. The van der Waals surface area contributed by atoms with E-state index < -0.39 is 0 Å². The first-order valence-corrected chi connectivity index (χ1v) is 8.69. The minimum absolute atomic E-state index is 0.310. The van der Waals surface area contributed by atoms with Crippen molar-refractivity contribution in [2.75, 3.05) is 5.75 Å². The summed E-state index contributed by atoms with van der Waals surface area (Å²) in [7, 11) is 0. The van der Waals surface area contributed by atoms with Crippen molar-refractivity contribution < 1.29 is 0 Å². The second-order valence-corrected chi connectivity index (χ2v) is 7.90. The van der Waals surface area contributed by atoms with Gasteiger partial charge in [-0.15, -0.1) is 0 Å². The Morgan fingerprint density at radius 2 is 2.29 bits per heavy atom. The second-order valence-electron chi connectivity index (χ2n) is 5.07. The van der Waals surface area contributed by atoms with E-state index in [1.165, 1.54) is 0 Å². The van der Waals surface area contributed by atoms with Crippen molar-refractivity contribution in [2.24, 2.45) is 10.7 Å². The summed E-state index contributed by atoms with van der Waals surface area (Å²) in [5.41, 5.74) is 6.57. The average Bonchev–Trinajstić information content (AvgIpc) is 2.38. The van der Waals surface area contributed by atoms with Crippen LogP contribution in [0.25, 0.3) is 0 Å². The summed E-state index contributed by atoms with van der Waals surface area (Å²) >= 11 is 9.11. The molecule has 2 heterocycles. The molecule has 1 aliphatic heterocycles. The van der Waals surface area contributed by atoms with E-state index in [0.717, 1.165) is 27.5 Å². The van der Waals surface area contributed by atoms with Gasteiger partial charge in [-0.3, -0.25) is 9.98 Å². The molecule has 1 aromatic heterocycles. The zero-order valence-corrected chi connectivity index (χ0v) is 14.3. The fourth-order valence-electron chi connectivity index (χ4n) is 1.99. The van der Waals surface area contributed by atoms with Crippen LogP contribution in [-0.2, 0) is 6.42 Å². The van der Waals surface area contributed by atoms with Crippen molar-refractivity contribution in [3.63, 3.8) is 0 Å². The SMILES string of the molecule is C=C(Cc1cncc(Cl)c1)SC(=C)C1(C)CCSC(N)=N1. The third kappa shape index (κ3) is 4.53. The fraction of sp³-hybridized carbons (Fsp3) is 0.333. The lowest BCUT2D eigenvalue weighted by atomic mass is 10.00. The van der Waals surface area contributed by atoms with Crippen molar-refractivity contribution >= 4 is 40.3 Å². The first kappa shape index (κ1) is 16.5. The molecular weight excluding hydrogens is 322 g/mol. The van der Waals surface area contributed by atoms with Gasteiger partial charge in [0.1, 0.15) is 0 Å². The van der Waals surface area contributed by atoms with Crippen molar-refractivity contribution in [1.82, 2.24) is 4.98 Å². The lowest BCUT2D eigenvalue weighted by Gasteiger charge is -2.31. The van der Waals surface area contributed by atoms with Gasteiger partial charge in [-0.05, 0) is 29.9 Å². The topological polar surface area (TPSA) is 51.3 Å². The summed E-state index contributed by atoms with van der Waals surface area (Å²) in [6.45, 7) is 10.4. The highest BCUT2D eigenvalue weighted by Crippen LogP contribution is 2.40. The zero-order chi connectivity index (χ0) is 15.5. The molecule has 1 aromatic rings. The maximum atomic E-state index is 5.94. The highest BCUT2D eigenvalue weighted by molar-refractivity contribution is 8.13. The number of hydrogen-bond donors (Lipinski definition) is 1. The molecule has 0 spiro atoms. The minimum atomic E-state index is -0.310. The summed E-state index contributed by atoms with van der Waals surface area (Å²) in [6.07, 6.45) is 5.07. The Morgan fingerprint density at radius 1 is 1.52 bits per heavy atom. The van der Waals surface area contributed by atoms with Gasteiger partial charge in [-0.1, -0.05) is 48.3 Å². The molecule has 1 atom stereocenters. The van der Waals surface area contributed by atoms with E-state index in [1.54, 1.807) is 35.9 Å². The first-order chi connectivity index (χ1) is 9.89. The Labute approximate surface area is 139 Å². The molecule has 21 heavy (non-hydrogen) atoms. The first-order valence-electron chi connectivity index (χ1n) is 6.51. The predicted octanol–water partition coefficient (Wildman–Crippen LogP) is 4.25. The molecule has 0 amide bonds. The normalized spacial score (nSPS) is 21.7. The number of thioether (sulfide) groups is 2. The maximum absolute atomic E-state index is 5.94. The molecule has 2 rings (SSSR count). The standard InChI is InChI=1S/C15H18ClN3S2/c1-10(6-12-7-13(16)9-18-8-12)21-11(2)15(3)4-5-20-14(17)19-15/h7-9H,1-2,4-6H2,3H3,(H2,17,19). The number of amidine groups is 1. The Hall–Kier alpha value is -0.910. The van der Waals surface area contributed by atoms with Gasteiger partial charge in [0.2, 0.25) is 0 Å². The van der Waals surface area contributed by atoms with Gasteiger partial charge < -0.3 is 5.73 Å². The van der Waals surface area contributed by atoms with E-state index >= 15 is 0 Å². The molecule has 1 unspecified atom stereocenters. The van der Waals surface area contributed by atoms with Crippen molar-refractivity contribution in [3.8, 4) is 0 Å². The van der Waals surface area contributed by atoms with Gasteiger partial charge in [0.25, 0.3) is 0 Å². The molecule has 0 aromatic carbocycles. The van der Waals surface area contributed by atoms with Crippen molar-refractivity contribution in [1.29, 1.82) is 0 Å². The number of halogens is 1. The van der Waals surface area contributed by atoms with E-state index in [-0.39, 0.29) is 5.54 Å². The number of rotatable bonds is 5. The Kier molecular flexibility index (Phi) is 5.41. The van der Waals surface area contributed by atoms with E-state index in [9.17, 15) is 0 Å². The van der Waals surface area contributed by atoms with Crippen LogP contribution in [0.5, 0.6) is 0 Å². The predicted molar refractivity (Wildman–Crippen MR) is 95.9 cm³/mol. The second kappa shape index (κ2) is 6.90. The summed E-state index contributed by atoms with van der Waals surface area (Å²) in [4.78, 5) is 10.6. The Bertz CT molecular complexity index is 600. The molecule has 0 aliphatic carbocycles. The average molecular weight is 340 g/mol. The lowest BCUT2D eigenvalue weighted by molar-refractivity contribution is 0.562. The quantitative estimate of drug-likeness (QED) is 0.871. The number of aliphatic imine (C=N–C) groups is 1. The largest absolute Gasteiger partial charge is 0.379 e. The molecule has 3 nitrogen and oxygen atoms in total. The summed E-state index contributed by atoms with van der Waals surface area (Å²) in [5.74, 6) is 0.968. The Morgan fingerprint density at radius 3 is 2.95 bits per heavy atom. The lowest BCUT2D eigenvalue weighted by Crippen LogP contribution is -2.31. The van der Waals surface area contributed by atoms with E-state index in [0.29, 0.717) is 16.6 Å². The smallest absolute Gasteiger partial charge is 0.154 e. The van der Waals surface area contributed by atoms with Gasteiger partial charge in [0, 0.05) is 29.5 Å². The van der Waals surface area contributed by atoms with Crippen LogP contribution in [0.15, 0.2) is 46.4 Å². The highest BCUT2D eigenvalue weighted by atomic mass is 35.5. The Balaban J connectivity index is 1.99. The third-order valence-electron chi connectivity index (χ3n) is 3.23. The fourth-order valence-corrected chi connectivity index (χ4v) is 4.11. The summed E-state index contributed by atoms with van der Waals surface area (Å²) in [6, 6.07) is 1.90. The van der Waals surface area contributed by atoms with Crippen LogP contribution in [0.2, 0.25) is 5.02 Å². The molecule has 0 bridgehead atoms. The molecule has 6 heteroatoms. The molecule has 0 radical (unpaired) electrons. The van der Waals surface area contributed by atoms with E-state index in [1.807, 2.05) is 6.07 Å². The molecule has 0 fully saturated rings. The molecule has 1 aliphatic rings. The molecule has 112 valence electrons. The number of allylic oxidation sites excluding steroid dienone is 1. The van der Waals surface area contributed by atoms with Gasteiger partial charge in [-0.25, -0.2) is 0 Å². The van der Waals surface area contributed by atoms with Crippen molar-refractivity contribution in [3.05, 3.63) is 52.0 Å². The molecule has 0 saturated carbocycles. The maximum Gasteiger partial charge on any atom is 0.154 e. The molecular formula is C15H18ClN3S2.